The average Bonchev–Trinajstić information content (AvgIpc) is 3.32. The number of carbonyl (C=O) groups is 2. The van der Waals surface area contributed by atoms with Crippen molar-refractivity contribution >= 4 is 39.3 Å². The van der Waals surface area contributed by atoms with Gasteiger partial charge in [0.1, 0.15) is 23.2 Å². The lowest BCUT2D eigenvalue weighted by Gasteiger charge is -2.31. The zero-order valence-corrected chi connectivity index (χ0v) is 18.0. The second-order valence-corrected chi connectivity index (χ2v) is 10.0. The van der Waals surface area contributed by atoms with Gasteiger partial charge in [-0.25, -0.2) is 8.42 Å². The summed E-state index contributed by atoms with van der Waals surface area (Å²) in [5.74, 6) is -0.967. The monoisotopic (exact) mass is 456 g/mol. The van der Waals surface area contributed by atoms with Crippen LogP contribution < -0.4 is 0 Å². The lowest BCUT2D eigenvalue weighted by Crippen LogP contribution is -2.49. The summed E-state index contributed by atoms with van der Waals surface area (Å²) >= 11 is 6.21. The number of imide groups is 1. The molecule has 4 rings (SSSR count). The van der Waals surface area contributed by atoms with E-state index in [-0.39, 0.29) is 34.6 Å². The standard InChI is InChI=1S/C22H17ClN2O5S/c1-13-17(10-15-6-7-20(30-15)16-4-2-3-5-19(16)23)21(26)25(22(27)18(13)11-24)14-8-9-31(28,29)12-14/h2-7,10,14H,8-9,12H2,1H3/b17-10+. The quantitative estimate of drug-likeness (QED) is 0.517. The maximum absolute atomic E-state index is 13.2. The first-order chi connectivity index (χ1) is 14.7. The molecule has 158 valence electrons. The van der Waals surface area contributed by atoms with Gasteiger partial charge in [0.05, 0.1) is 22.6 Å². The molecule has 1 aromatic heterocycles. The van der Waals surface area contributed by atoms with Gasteiger partial charge in [0.25, 0.3) is 11.8 Å². The van der Waals surface area contributed by atoms with E-state index in [0.717, 1.165) is 4.90 Å². The normalized spacial score (nSPS) is 22.3. The third kappa shape index (κ3) is 3.82. The van der Waals surface area contributed by atoms with Gasteiger partial charge in [-0.05, 0) is 49.3 Å². The Morgan fingerprint density at radius 1 is 1.19 bits per heavy atom. The molecule has 2 aromatic rings. The molecule has 1 fully saturated rings. The lowest BCUT2D eigenvalue weighted by atomic mass is 9.93. The Bertz CT molecular complexity index is 1310. The molecule has 1 saturated heterocycles. The predicted octanol–water partition coefficient (Wildman–Crippen LogP) is 3.38. The van der Waals surface area contributed by atoms with E-state index in [9.17, 15) is 23.3 Å². The van der Waals surface area contributed by atoms with Crippen molar-refractivity contribution in [3.8, 4) is 17.4 Å². The molecular weight excluding hydrogens is 440 g/mol. The molecule has 2 aliphatic rings. The summed E-state index contributed by atoms with van der Waals surface area (Å²) in [6.45, 7) is 1.51. The van der Waals surface area contributed by atoms with Crippen molar-refractivity contribution in [1.29, 1.82) is 5.26 Å². The van der Waals surface area contributed by atoms with Gasteiger partial charge >= 0.3 is 0 Å². The SMILES string of the molecule is CC1=C(C#N)C(=O)N(C2CCS(=O)(=O)C2)C(=O)/C1=C/c1ccc(-c2ccccc2Cl)o1. The van der Waals surface area contributed by atoms with Crippen LogP contribution >= 0.6 is 11.6 Å². The summed E-state index contributed by atoms with van der Waals surface area (Å²) < 4.78 is 29.6. The fourth-order valence-electron chi connectivity index (χ4n) is 3.79. The first-order valence-corrected chi connectivity index (χ1v) is 11.7. The second-order valence-electron chi connectivity index (χ2n) is 7.39. The minimum atomic E-state index is -3.33. The molecule has 2 amide bonds. The maximum Gasteiger partial charge on any atom is 0.271 e. The first-order valence-electron chi connectivity index (χ1n) is 9.48. The summed E-state index contributed by atoms with van der Waals surface area (Å²) in [6.07, 6.45) is 1.61. The van der Waals surface area contributed by atoms with Gasteiger partial charge in [-0.2, -0.15) is 5.26 Å². The van der Waals surface area contributed by atoms with Crippen LogP contribution in [0.3, 0.4) is 0 Å². The molecular formula is C22H17ClN2O5S. The Hall–Kier alpha value is -3.15. The van der Waals surface area contributed by atoms with E-state index in [4.69, 9.17) is 16.0 Å². The molecule has 9 heteroatoms. The van der Waals surface area contributed by atoms with Crippen molar-refractivity contribution in [3.63, 3.8) is 0 Å². The molecule has 2 aliphatic heterocycles. The summed E-state index contributed by atoms with van der Waals surface area (Å²) in [6, 6.07) is 11.6. The van der Waals surface area contributed by atoms with Crippen LogP contribution in [0.25, 0.3) is 17.4 Å². The highest BCUT2D eigenvalue weighted by Gasteiger charge is 2.43. The molecule has 1 unspecified atom stereocenters. The number of hydrogen-bond donors (Lipinski definition) is 0. The van der Waals surface area contributed by atoms with E-state index in [1.807, 2.05) is 12.1 Å². The molecule has 0 spiro atoms. The van der Waals surface area contributed by atoms with Crippen LogP contribution in [0.1, 0.15) is 19.1 Å². The van der Waals surface area contributed by atoms with Crippen LogP contribution in [0.2, 0.25) is 5.02 Å². The Balaban J connectivity index is 1.75. The van der Waals surface area contributed by atoms with E-state index in [1.165, 1.54) is 13.0 Å². The van der Waals surface area contributed by atoms with Crippen molar-refractivity contribution < 1.29 is 22.4 Å². The number of nitrogens with zero attached hydrogens (tertiary/aromatic N) is 2. The minimum absolute atomic E-state index is 0.0995. The summed E-state index contributed by atoms with van der Waals surface area (Å²) in [7, 11) is -3.33. The number of rotatable bonds is 3. The Labute approximate surface area is 184 Å². The Morgan fingerprint density at radius 2 is 1.94 bits per heavy atom. The molecule has 3 heterocycles. The van der Waals surface area contributed by atoms with Gasteiger partial charge in [0.2, 0.25) is 0 Å². The van der Waals surface area contributed by atoms with E-state index in [0.29, 0.717) is 22.1 Å². The number of nitriles is 1. The van der Waals surface area contributed by atoms with Gasteiger partial charge in [-0.3, -0.25) is 14.5 Å². The van der Waals surface area contributed by atoms with E-state index < -0.39 is 27.7 Å². The Morgan fingerprint density at radius 3 is 2.58 bits per heavy atom. The number of carbonyl (C=O) groups excluding carboxylic acids is 2. The van der Waals surface area contributed by atoms with Crippen LogP contribution in [0.5, 0.6) is 0 Å². The largest absolute Gasteiger partial charge is 0.457 e. The number of furan rings is 1. The van der Waals surface area contributed by atoms with Crippen LogP contribution in [0.4, 0.5) is 0 Å². The first kappa shape index (κ1) is 21.1. The topological polar surface area (TPSA) is 108 Å². The molecule has 0 bridgehead atoms. The molecule has 7 nitrogen and oxygen atoms in total. The van der Waals surface area contributed by atoms with Crippen molar-refractivity contribution in [2.24, 2.45) is 0 Å². The Kier molecular flexibility index (Phi) is 5.33. The van der Waals surface area contributed by atoms with Gasteiger partial charge in [-0.1, -0.05) is 23.7 Å². The second kappa shape index (κ2) is 7.84. The zero-order chi connectivity index (χ0) is 22.3. The smallest absolute Gasteiger partial charge is 0.271 e. The van der Waals surface area contributed by atoms with Crippen LogP contribution in [0, 0.1) is 11.3 Å². The summed E-state index contributed by atoms with van der Waals surface area (Å²) in [5, 5.41) is 10.0. The van der Waals surface area contributed by atoms with Gasteiger partial charge in [0, 0.05) is 11.1 Å². The number of hydrogen-bond acceptors (Lipinski definition) is 6. The van der Waals surface area contributed by atoms with Crippen molar-refractivity contribution in [3.05, 3.63) is 63.9 Å². The molecule has 1 atom stereocenters. The van der Waals surface area contributed by atoms with Crippen molar-refractivity contribution in [2.75, 3.05) is 11.5 Å². The fraction of sp³-hybridized carbons (Fsp3) is 0.227. The molecule has 0 radical (unpaired) electrons. The average molecular weight is 457 g/mol. The molecule has 0 saturated carbocycles. The molecule has 1 aromatic carbocycles. The summed E-state index contributed by atoms with van der Waals surface area (Å²) in [4.78, 5) is 26.8. The summed E-state index contributed by atoms with van der Waals surface area (Å²) in [5.41, 5.74) is 0.834. The van der Waals surface area contributed by atoms with Crippen LogP contribution in [-0.2, 0) is 19.4 Å². The van der Waals surface area contributed by atoms with Crippen LogP contribution in [-0.4, -0.2) is 42.7 Å². The molecule has 0 aliphatic carbocycles. The third-order valence-electron chi connectivity index (χ3n) is 5.40. The number of sulfone groups is 1. The number of benzene rings is 1. The lowest BCUT2D eigenvalue weighted by molar-refractivity contribution is -0.142. The molecule has 31 heavy (non-hydrogen) atoms. The highest BCUT2D eigenvalue weighted by Crippen LogP contribution is 2.33. The molecule has 0 N–H and O–H groups in total. The number of halogens is 1. The van der Waals surface area contributed by atoms with Gasteiger partial charge in [-0.15, -0.1) is 0 Å². The van der Waals surface area contributed by atoms with Crippen LogP contribution in [0.15, 0.2) is 57.5 Å². The van der Waals surface area contributed by atoms with Crippen molar-refractivity contribution in [2.45, 2.75) is 19.4 Å². The number of amides is 2. The predicted molar refractivity (Wildman–Crippen MR) is 114 cm³/mol. The van der Waals surface area contributed by atoms with Crippen molar-refractivity contribution in [1.82, 2.24) is 4.90 Å². The van der Waals surface area contributed by atoms with E-state index >= 15 is 0 Å². The third-order valence-corrected chi connectivity index (χ3v) is 7.48. The van der Waals surface area contributed by atoms with Gasteiger partial charge in [0.15, 0.2) is 9.84 Å². The highest BCUT2D eigenvalue weighted by atomic mass is 35.5. The fourth-order valence-corrected chi connectivity index (χ4v) is 5.72. The minimum Gasteiger partial charge on any atom is -0.457 e. The maximum atomic E-state index is 13.2. The zero-order valence-electron chi connectivity index (χ0n) is 16.5. The van der Waals surface area contributed by atoms with E-state index in [1.54, 1.807) is 30.3 Å². The highest BCUT2D eigenvalue weighted by molar-refractivity contribution is 7.91. The van der Waals surface area contributed by atoms with E-state index in [2.05, 4.69) is 0 Å². The van der Waals surface area contributed by atoms with Gasteiger partial charge < -0.3 is 4.42 Å².